The topological polar surface area (TPSA) is 17.1 Å². The largest absolute Gasteiger partial charge is 0.295 e. The van der Waals surface area contributed by atoms with Gasteiger partial charge in [-0.2, -0.15) is 0 Å². The molecule has 0 aliphatic rings. The van der Waals surface area contributed by atoms with E-state index < -0.39 is 0 Å². The molecule has 0 N–H and O–H groups in total. The molecule has 0 bridgehead atoms. The lowest BCUT2D eigenvalue weighted by Crippen LogP contribution is -1.89. The third-order valence-corrected chi connectivity index (χ3v) is 1.35. The van der Waals surface area contributed by atoms with E-state index >= 15 is 0 Å². The Hall–Kier alpha value is -1.29. The zero-order valence-corrected chi connectivity index (χ0v) is 7.63. The second-order valence-corrected chi connectivity index (χ2v) is 2.57. The molecule has 0 radical (unpaired) electrons. The number of terminal acetylenes is 1. The summed E-state index contributed by atoms with van der Waals surface area (Å²) in [7, 11) is 0. The molecule has 0 aromatic rings. The Morgan fingerprint density at radius 3 is 2.75 bits per heavy atom. The first kappa shape index (κ1) is 10.7. The maximum atomic E-state index is 10.9. The van der Waals surface area contributed by atoms with Crippen LogP contribution < -0.4 is 0 Å². The fourth-order valence-electron chi connectivity index (χ4n) is 0.678. The summed E-state index contributed by atoms with van der Waals surface area (Å²) in [6, 6.07) is 0. The molecule has 0 atom stereocenters. The van der Waals surface area contributed by atoms with Crippen LogP contribution in [0.3, 0.4) is 0 Å². The number of hydrogen-bond acceptors (Lipinski definition) is 1. The number of carbonyl (C=O) groups is 1. The van der Waals surface area contributed by atoms with Gasteiger partial charge in [0.15, 0.2) is 5.78 Å². The van der Waals surface area contributed by atoms with Crippen LogP contribution in [0.5, 0.6) is 0 Å². The average Bonchev–Trinajstić information content (AvgIpc) is 2.04. The van der Waals surface area contributed by atoms with Crippen molar-refractivity contribution in [2.45, 2.75) is 26.7 Å². The highest BCUT2D eigenvalue weighted by molar-refractivity contribution is 5.89. The van der Waals surface area contributed by atoms with Crippen molar-refractivity contribution in [2.75, 3.05) is 0 Å². The summed E-state index contributed by atoms with van der Waals surface area (Å²) in [5, 5.41) is 0. The fourth-order valence-corrected chi connectivity index (χ4v) is 0.678. The molecule has 1 heteroatoms. The molecular formula is C11H14O. The Kier molecular flexibility index (Phi) is 5.73. The molecule has 64 valence electrons. The Balaban J connectivity index is 3.93. The van der Waals surface area contributed by atoms with E-state index in [2.05, 4.69) is 5.92 Å². The monoisotopic (exact) mass is 162 g/mol. The molecule has 0 saturated heterocycles. The van der Waals surface area contributed by atoms with Crippen molar-refractivity contribution < 1.29 is 4.79 Å². The van der Waals surface area contributed by atoms with Gasteiger partial charge in [0.05, 0.1) is 0 Å². The molecule has 0 saturated carbocycles. The Morgan fingerprint density at radius 2 is 2.25 bits per heavy atom. The molecule has 0 heterocycles. The lowest BCUT2D eigenvalue weighted by Gasteiger charge is -1.86. The van der Waals surface area contributed by atoms with E-state index in [1.54, 1.807) is 18.2 Å². The standard InChI is InChI=1S/C11H14O/c1-4-7-11(12)9-6-8-10(3)5-2/h2,6,8-9H,4,7H2,1,3H3/b9-6+,10-8-. The highest BCUT2D eigenvalue weighted by Crippen LogP contribution is 1.93. The quantitative estimate of drug-likeness (QED) is 0.352. The van der Waals surface area contributed by atoms with Crippen LogP contribution >= 0.6 is 0 Å². The third kappa shape index (κ3) is 5.49. The molecule has 0 rings (SSSR count). The summed E-state index contributed by atoms with van der Waals surface area (Å²) < 4.78 is 0. The third-order valence-electron chi connectivity index (χ3n) is 1.35. The minimum Gasteiger partial charge on any atom is -0.295 e. The zero-order valence-electron chi connectivity index (χ0n) is 7.63. The van der Waals surface area contributed by atoms with Crippen LogP contribution in [0.15, 0.2) is 23.8 Å². The van der Waals surface area contributed by atoms with Crippen molar-refractivity contribution in [2.24, 2.45) is 0 Å². The molecule has 0 unspecified atom stereocenters. The Labute approximate surface area is 74.2 Å². The highest BCUT2D eigenvalue weighted by Gasteiger charge is 1.90. The van der Waals surface area contributed by atoms with Gasteiger partial charge in [0.1, 0.15) is 0 Å². The second kappa shape index (κ2) is 6.42. The van der Waals surface area contributed by atoms with Gasteiger partial charge in [-0.15, -0.1) is 6.42 Å². The second-order valence-electron chi connectivity index (χ2n) is 2.57. The van der Waals surface area contributed by atoms with Crippen molar-refractivity contribution >= 4 is 5.78 Å². The molecule has 0 aromatic heterocycles. The smallest absolute Gasteiger partial charge is 0.155 e. The fraction of sp³-hybridized carbons (Fsp3) is 0.364. The maximum absolute atomic E-state index is 10.9. The van der Waals surface area contributed by atoms with Crippen molar-refractivity contribution in [3.8, 4) is 12.3 Å². The van der Waals surface area contributed by atoms with Gasteiger partial charge in [-0.3, -0.25) is 4.79 Å². The Bertz CT molecular complexity index is 238. The molecule has 0 spiro atoms. The van der Waals surface area contributed by atoms with Crippen LogP contribution in [-0.4, -0.2) is 5.78 Å². The predicted molar refractivity (Wildman–Crippen MR) is 51.6 cm³/mol. The van der Waals surface area contributed by atoms with E-state index in [4.69, 9.17) is 6.42 Å². The molecule has 0 aliphatic carbocycles. The minimum atomic E-state index is 0.151. The van der Waals surface area contributed by atoms with Crippen LogP contribution in [0.1, 0.15) is 26.7 Å². The van der Waals surface area contributed by atoms with Crippen molar-refractivity contribution in [1.29, 1.82) is 0 Å². The zero-order chi connectivity index (χ0) is 9.40. The van der Waals surface area contributed by atoms with Crippen LogP contribution in [0.25, 0.3) is 0 Å². The number of hydrogen-bond donors (Lipinski definition) is 0. The predicted octanol–water partition coefficient (Wildman–Crippen LogP) is 2.49. The molecule has 0 fully saturated rings. The van der Waals surface area contributed by atoms with E-state index in [0.29, 0.717) is 6.42 Å². The first-order chi connectivity index (χ1) is 5.70. The minimum absolute atomic E-state index is 0.151. The van der Waals surface area contributed by atoms with Gasteiger partial charge in [0.2, 0.25) is 0 Å². The first-order valence-electron chi connectivity index (χ1n) is 4.05. The van der Waals surface area contributed by atoms with E-state index in [0.717, 1.165) is 12.0 Å². The normalized spacial score (nSPS) is 11.6. The van der Waals surface area contributed by atoms with E-state index in [-0.39, 0.29) is 5.78 Å². The van der Waals surface area contributed by atoms with Gasteiger partial charge in [0, 0.05) is 6.42 Å². The Morgan fingerprint density at radius 1 is 1.58 bits per heavy atom. The van der Waals surface area contributed by atoms with Gasteiger partial charge in [0.25, 0.3) is 0 Å². The number of rotatable bonds is 4. The first-order valence-corrected chi connectivity index (χ1v) is 4.05. The summed E-state index contributed by atoms with van der Waals surface area (Å²) in [6.45, 7) is 3.81. The highest BCUT2D eigenvalue weighted by atomic mass is 16.1. The van der Waals surface area contributed by atoms with Gasteiger partial charge >= 0.3 is 0 Å². The lowest BCUT2D eigenvalue weighted by atomic mass is 10.2. The van der Waals surface area contributed by atoms with Crippen molar-refractivity contribution in [3.05, 3.63) is 23.8 Å². The van der Waals surface area contributed by atoms with Gasteiger partial charge in [-0.1, -0.05) is 25.0 Å². The molecule has 0 aromatic carbocycles. The SMILES string of the molecule is C#C/C(C)=C\C=C\C(=O)CCC. The number of ketones is 1. The van der Waals surface area contributed by atoms with Crippen LogP contribution in [0, 0.1) is 12.3 Å². The van der Waals surface area contributed by atoms with Gasteiger partial charge in [-0.25, -0.2) is 0 Å². The molecule has 12 heavy (non-hydrogen) atoms. The van der Waals surface area contributed by atoms with E-state index in [1.807, 2.05) is 13.8 Å². The summed E-state index contributed by atoms with van der Waals surface area (Å²) in [5.74, 6) is 2.62. The van der Waals surface area contributed by atoms with Crippen LogP contribution in [0.4, 0.5) is 0 Å². The average molecular weight is 162 g/mol. The van der Waals surface area contributed by atoms with Crippen LogP contribution in [0.2, 0.25) is 0 Å². The summed E-state index contributed by atoms with van der Waals surface area (Å²) in [4.78, 5) is 10.9. The van der Waals surface area contributed by atoms with Crippen molar-refractivity contribution in [1.82, 2.24) is 0 Å². The summed E-state index contributed by atoms with van der Waals surface area (Å²) >= 11 is 0. The molecule has 1 nitrogen and oxygen atoms in total. The summed E-state index contributed by atoms with van der Waals surface area (Å²) in [6.07, 6.45) is 11.6. The summed E-state index contributed by atoms with van der Waals surface area (Å²) in [5.41, 5.74) is 0.829. The lowest BCUT2D eigenvalue weighted by molar-refractivity contribution is -0.114. The van der Waals surface area contributed by atoms with E-state index in [1.165, 1.54) is 0 Å². The molecule has 0 amide bonds. The van der Waals surface area contributed by atoms with Gasteiger partial charge in [-0.05, 0) is 25.0 Å². The number of allylic oxidation sites excluding steroid dienone is 4. The maximum Gasteiger partial charge on any atom is 0.155 e. The van der Waals surface area contributed by atoms with Gasteiger partial charge < -0.3 is 0 Å². The number of carbonyl (C=O) groups excluding carboxylic acids is 1. The van der Waals surface area contributed by atoms with Crippen molar-refractivity contribution in [3.63, 3.8) is 0 Å². The van der Waals surface area contributed by atoms with E-state index in [9.17, 15) is 4.79 Å². The molecule has 0 aliphatic heterocycles. The van der Waals surface area contributed by atoms with Crippen LogP contribution in [-0.2, 0) is 4.79 Å². The molecular weight excluding hydrogens is 148 g/mol.